The van der Waals surface area contributed by atoms with Gasteiger partial charge in [0.25, 0.3) is 0 Å². The van der Waals surface area contributed by atoms with Gasteiger partial charge in [0, 0.05) is 18.7 Å². The number of carbonyl (C=O) groups is 2. The van der Waals surface area contributed by atoms with Gasteiger partial charge in [-0.05, 0) is 33.6 Å². The summed E-state index contributed by atoms with van der Waals surface area (Å²) in [7, 11) is 2.97. The average Bonchev–Trinajstić information content (AvgIpc) is 3.04. The van der Waals surface area contributed by atoms with Crippen molar-refractivity contribution in [3.63, 3.8) is 0 Å². The zero-order chi connectivity index (χ0) is 19.5. The highest BCUT2D eigenvalue weighted by Gasteiger charge is 2.37. The maximum atomic E-state index is 12.8. The van der Waals surface area contributed by atoms with Crippen molar-refractivity contribution in [2.45, 2.75) is 45.3 Å². The van der Waals surface area contributed by atoms with Crippen molar-refractivity contribution in [1.29, 1.82) is 0 Å². The van der Waals surface area contributed by atoms with Gasteiger partial charge in [-0.2, -0.15) is 0 Å². The molecule has 1 aromatic rings. The van der Waals surface area contributed by atoms with Crippen molar-refractivity contribution < 1.29 is 23.8 Å². The van der Waals surface area contributed by atoms with Gasteiger partial charge >= 0.3 is 6.09 Å². The topological polar surface area (TPSA) is 77.1 Å². The number of hydrogen-bond donors (Lipinski definition) is 1. The monoisotopic (exact) mass is 384 g/mol. The first-order valence-electron chi connectivity index (χ1n) is 8.38. The second kappa shape index (κ2) is 8.03. The molecule has 1 unspecified atom stereocenters. The van der Waals surface area contributed by atoms with Gasteiger partial charge in [-0.15, -0.1) is 0 Å². The fourth-order valence-corrected chi connectivity index (χ4v) is 2.98. The van der Waals surface area contributed by atoms with E-state index in [0.717, 1.165) is 6.42 Å². The SMILES string of the molecule is COc1cc(NC(=O)C2CCCN2C(=O)OC(C)(C)C)c(OC)cc1Cl. The maximum absolute atomic E-state index is 12.8. The fraction of sp³-hybridized carbons (Fsp3) is 0.556. The summed E-state index contributed by atoms with van der Waals surface area (Å²) in [5, 5.41) is 3.17. The molecule has 144 valence electrons. The van der Waals surface area contributed by atoms with Gasteiger partial charge in [-0.25, -0.2) is 4.79 Å². The lowest BCUT2D eigenvalue weighted by atomic mass is 10.2. The molecule has 1 saturated heterocycles. The Morgan fingerprint density at radius 1 is 1.19 bits per heavy atom. The van der Waals surface area contributed by atoms with Crippen LogP contribution in [0.4, 0.5) is 10.5 Å². The lowest BCUT2D eigenvalue weighted by Crippen LogP contribution is -2.45. The first-order valence-corrected chi connectivity index (χ1v) is 8.76. The molecule has 1 atom stereocenters. The molecule has 2 rings (SSSR count). The molecule has 0 aromatic heterocycles. The van der Waals surface area contributed by atoms with Gasteiger partial charge in [-0.3, -0.25) is 9.69 Å². The molecule has 2 amide bonds. The molecule has 0 aliphatic carbocycles. The Bertz CT molecular complexity index is 687. The minimum Gasteiger partial charge on any atom is -0.495 e. The third-order valence-electron chi connectivity index (χ3n) is 3.92. The van der Waals surface area contributed by atoms with Crippen molar-refractivity contribution in [2.24, 2.45) is 0 Å². The predicted molar refractivity (Wildman–Crippen MR) is 99.1 cm³/mol. The van der Waals surface area contributed by atoms with E-state index in [1.54, 1.807) is 32.9 Å². The highest BCUT2D eigenvalue weighted by atomic mass is 35.5. The number of rotatable bonds is 4. The van der Waals surface area contributed by atoms with E-state index < -0.39 is 17.7 Å². The van der Waals surface area contributed by atoms with Gasteiger partial charge in [0.2, 0.25) is 5.91 Å². The van der Waals surface area contributed by atoms with Crippen molar-refractivity contribution in [3.05, 3.63) is 17.2 Å². The Morgan fingerprint density at radius 3 is 2.42 bits per heavy atom. The molecular formula is C18H25ClN2O5. The quantitative estimate of drug-likeness (QED) is 0.856. The average molecular weight is 385 g/mol. The molecule has 1 aliphatic heterocycles. The van der Waals surface area contributed by atoms with Crippen LogP contribution < -0.4 is 14.8 Å². The van der Waals surface area contributed by atoms with Crippen molar-refractivity contribution in [2.75, 3.05) is 26.1 Å². The van der Waals surface area contributed by atoms with Crippen molar-refractivity contribution >= 4 is 29.3 Å². The molecular weight excluding hydrogens is 360 g/mol. The number of nitrogens with one attached hydrogen (secondary N) is 1. The summed E-state index contributed by atoms with van der Waals surface area (Å²) in [5.41, 5.74) is -0.192. The molecule has 8 heteroatoms. The molecule has 0 radical (unpaired) electrons. The summed E-state index contributed by atoms with van der Waals surface area (Å²) < 4.78 is 15.8. The summed E-state index contributed by atoms with van der Waals surface area (Å²) in [6.07, 6.45) is 0.812. The highest BCUT2D eigenvalue weighted by Crippen LogP contribution is 2.36. The molecule has 1 aromatic carbocycles. The van der Waals surface area contributed by atoms with E-state index in [4.69, 9.17) is 25.8 Å². The lowest BCUT2D eigenvalue weighted by molar-refractivity contribution is -0.120. The Hall–Kier alpha value is -2.15. The van der Waals surface area contributed by atoms with Gasteiger partial charge in [0.05, 0.1) is 24.9 Å². The predicted octanol–water partition coefficient (Wildman–Crippen LogP) is 3.70. The first-order chi connectivity index (χ1) is 12.2. The summed E-state index contributed by atoms with van der Waals surface area (Å²) in [6.45, 7) is 5.86. The summed E-state index contributed by atoms with van der Waals surface area (Å²) in [5.74, 6) is 0.514. The zero-order valence-electron chi connectivity index (χ0n) is 15.7. The molecule has 0 saturated carbocycles. The minimum absolute atomic E-state index is 0.309. The van der Waals surface area contributed by atoms with E-state index in [-0.39, 0.29) is 5.91 Å². The number of halogens is 1. The van der Waals surface area contributed by atoms with Crippen LogP contribution in [-0.4, -0.2) is 49.3 Å². The van der Waals surface area contributed by atoms with Crippen LogP contribution in [0.25, 0.3) is 0 Å². The number of carbonyl (C=O) groups excluding carboxylic acids is 2. The smallest absolute Gasteiger partial charge is 0.410 e. The molecule has 1 heterocycles. The maximum Gasteiger partial charge on any atom is 0.410 e. The normalized spacial score (nSPS) is 17.0. The highest BCUT2D eigenvalue weighted by molar-refractivity contribution is 6.32. The van der Waals surface area contributed by atoms with E-state index in [0.29, 0.717) is 35.2 Å². The Kier molecular flexibility index (Phi) is 6.23. The van der Waals surface area contributed by atoms with E-state index in [1.807, 2.05) is 0 Å². The van der Waals surface area contributed by atoms with Crippen LogP contribution in [0.3, 0.4) is 0 Å². The van der Waals surface area contributed by atoms with E-state index in [2.05, 4.69) is 5.32 Å². The number of likely N-dealkylation sites (tertiary alicyclic amines) is 1. The van der Waals surface area contributed by atoms with E-state index in [1.165, 1.54) is 19.1 Å². The second-order valence-corrected chi connectivity index (χ2v) is 7.42. The summed E-state index contributed by atoms with van der Waals surface area (Å²) in [4.78, 5) is 26.6. The third kappa shape index (κ3) is 4.72. The van der Waals surface area contributed by atoms with Crippen LogP contribution in [0.1, 0.15) is 33.6 Å². The van der Waals surface area contributed by atoms with E-state index >= 15 is 0 Å². The number of benzene rings is 1. The minimum atomic E-state index is -0.618. The standard InChI is InChI=1S/C18H25ClN2O5/c1-18(2,3)26-17(23)21-8-6-7-13(21)16(22)20-12-10-14(24-4)11(19)9-15(12)25-5/h9-10,13H,6-8H2,1-5H3,(H,20,22). The fourth-order valence-electron chi connectivity index (χ4n) is 2.75. The first kappa shape index (κ1) is 20.2. The molecule has 0 bridgehead atoms. The summed E-state index contributed by atoms with van der Waals surface area (Å²) >= 11 is 6.08. The van der Waals surface area contributed by atoms with Crippen molar-refractivity contribution in [1.82, 2.24) is 4.90 Å². The van der Waals surface area contributed by atoms with Gasteiger partial charge in [0.15, 0.2) is 0 Å². The molecule has 1 fully saturated rings. The van der Waals surface area contributed by atoms with Crippen LogP contribution in [0.15, 0.2) is 12.1 Å². The number of ether oxygens (including phenoxy) is 3. The molecule has 26 heavy (non-hydrogen) atoms. The number of methoxy groups -OCH3 is 2. The van der Waals surface area contributed by atoms with Gasteiger partial charge in [0.1, 0.15) is 23.1 Å². The van der Waals surface area contributed by atoms with Crippen LogP contribution in [0, 0.1) is 0 Å². The Balaban J connectivity index is 2.17. The Morgan fingerprint density at radius 2 is 1.85 bits per heavy atom. The number of hydrogen-bond acceptors (Lipinski definition) is 5. The van der Waals surface area contributed by atoms with Crippen LogP contribution in [-0.2, 0) is 9.53 Å². The van der Waals surface area contributed by atoms with Gasteiger partial charge in [-0.1, -0.05) is 11.6 Å². The third-order valence-corrected chi connectivity index (χ3v) is 4.21. The van der Waals surface area contributed by atoms with Gasteiger partial charge < -0.3 is 19.5 Å². The van der Waals surface area contributed by atoms with Crippen LogP contribution in [0.2, 0.25) is 5.02 Å². The number of nitrogens with zero attached hydrogens (tertiary/aromatic N) is 1. The Labute approximate surface area is 158 Å². The zero-order valence-corrected chi connectivity index (χ0v) is 16.5. The van der Waals surface area contributed by atoms with Crippen molar-refractivity contribution in [3.8, 4) is 11.5 Å². The number of anilines is 1. The molecule has 0 spiro atoms. The van der Waals surface area contributed by atoms with Crippen LogP contribution >= 0.6 is 11.6 Å². The van der Waals surface area contributed by atoms with E-state index in [9.17, 15) is 9.59 Å². The summed E-state index contributed by atoms with van der Waals surface area (Å²) in [6, 6.07) is 2.55. The molecule has 7 nitrogen and oxygen atoms in total. The number of amides is 2. The molecule has 1 aliphatic rings. The van der Waals surface area contributed by atoms with Crippen LogP contribution in [0.5, 0.6) is 11.5 Å². The second-order valence-electron chi connectivity index (χ2n) is 7.01. The molecule has 1 N–H and O–H groups in total. The largest absolute Gasteiger partial charge is 0.495 e. The lowest BCUT2D eigenvalue weighted by Gasteiger charge is -2.28.